The molecule has 0 radical (unpaired) electrons. The molecule has 0 spiro atoms. The van der Waals surface area contributed by atoms with Crippen molar-refractivity contribution in [3.63, 3.8) is 0 Å². The van der Waals surface area contributed by atoms with Gasteiger partial charge in [-0.05, 0) is 26.0 Å². The first-order valence-corrected chi connectivity index (χ1v) is 8.26. The summed E-state index contributed by atoms with van der Waals surface area (Å²) >= 11 is 0. The summed E-state index contributed by atoms with van der Waals surface area (Å²) in [6.45, 7) is 11.2. The summed E-state index contributed by atoms with van der Waals surface area (Å²) in [5, 5.41) is 3.39. The maximum atomic E-state index is 5.36. The van der Waals surface area contributed by atoms with E-state index in [9.17, 15) is 0 Å². The number of benzene rings is 1. The lowest BCUT2D eigenvalue weighted by Gasteiger charge is -2.37. The molecule has 0 amide bonds. The van der Waals surface area contributed by atoms with Gasteiger partial charge in [0.05, 0.1) is 13.2 Å². The van der Waals surface area contributed by atoms with Crippen LogP contribution in [0.1, 0.15) is 13.8 Å². The van der Waals surface area contributed by atoms with E-state index in [1.54, 1.807) is 0 Å². The Kier molecular flexibility index (Phi) is 7.03. The third kappa shape index (κ3) is 4.91. The van der Waals surface area contributed by atoms with E-state index in [-0.39, 0.29) is 0 Å². The summed E-state index contributed by atoms with van der Waals surface area (Å²) in [5.41, 5.74) is 1.31. The van der Waals surface area contributed by atoms with E-state index in [0.717, 1.165) is 51.8 Å². The van der Waals surface area contributed by atoms with Crippen LogP contribution in [-0.4, -0.2) is 63.3 Å². The average Bonchev–Trinajstić information content (AvgIpc) is 2.59. The maximum Gasteiger partial charge on any atom is 0.194 e. The van der Waals surface area contributed by atoms with Gasteiger partial charge >= 0.3 is 0 Å². The molecule has 0 bridgehead atoms. The van der Waals surface area contributed by atoms with Gasteiger partial charge in [0, 0.05) is 45.0 Å². The maximum absolute atomic E-state index is 5.36. The molecule has 1 fully saturated rings. The zero-order chi connectivity index (χ0) is 15.6. The largest absolute Gasteiger partial charge is 0.380 e. The van der Waals surface area contributed by atoms with Crippen LogP contribution in [-0.2, 0) is 4.74 Å². The molecule has 1 heterocycles. The Bertz CT molecular complexity index is 441. The van der Waals surface area contributed by atoms with Crippen molar-refractivity contribution in [3.8, 4) is 0 Å². The lowest BCUT2D eigenvalue weighted by atomic mass is 10.2. The molecule has 1 aromatic rings. The number of ether oxygens (including phenoxy) is 1. The zero-order valence-corrected chi connectivity index (χ0v) is 13.8. The Morgan fingerprint density at radius 1 is 1.14 bits per heavy atom. The number of nitrogens with zero attached hydrogens (tertiary/aromatic N) is 3. The molecule has 0 saturated carbocycles. The number of nitrogens with one attached hydrogen (secondary N) is 1. The molecule has 1 aromatic carbocycles. The molecule has 0 atom stereocenters. The van der Waals surface area contributed by atoms with Crippen molar-refractivity contribution >= 4 is 11.6 Å². The van der Waals surface area contributed by atoms with Crippen molar-refractivity contribution < 1.29 is 4.74 Å². The Morgan fingerprint density at radius 2 is 1.86 bits per heavy atom. The third-order valence-electron chi connectivity index (χ3n) is 3.74. The number of piperazine rings is 1. The van der Waals surface area contributed by atoms with Gasteiger partial charge in [0.25, 0.3) is 0 Å². The van der Waals surface area contributed by atoms with Crippen LogP contribution in [0.5, 0.6) is 0 Å². The Labute approximate surface area is 134 Å². The first-order valence-electron chi connectivity index (χ1n) is 8.26. The summed E-state index contributed by atoms with van der Waals surface area (Å²) in [7, 11) is 0. The molecule has 22 heavy (non-hydrogen) atoms. The zero-order valence-electron chi connectivity index (χ0n) is 13.8. The monoisotopic (exact) mass is 304 g/mol. The van der Waals surface area contributed by atoms with Crippen molar-refractivity contribution in [2.75, 3.05) is 57.4 Å². The Morgan fingerprint density at radius 3 is 2.50 bits per heavy atom. The van der Waals surface area contributed by atoms with Crippen LogP contribution in [0.4, 0.5) is 5.69 Å². The summed E-state index contributed by atoms with van der Waals surface area (Å²) in [6.07, 6.45) is 0. The highest BCUT2D eigenvalue weighted by Crippen LogP contribution is 2.15. The molecule has 5 nitrogen and oxygen atoms in total. The van der Waals surface area contributed by atoms with Gasteiger partial charge in [0.2, 0.25) is 0 Å². The minimum atomic E-state index is 0.690. The Balaban J connectivity index is 1.87. The minimum Gasteiger partial charge on any atom is -0.380 e. The SMILES string of the molecule is CCNC(=NCCOCC)N1CCN(c2ccccc2)CC1. The highest BCUT2D eigenvalue weighted by Gasteiger charge is 2.19. The normalized spacial score (nSPS) is 16.0. The highest BCUT2D eigenvalue weighted by atomic mass is 16.5. The molecule has 5 heteroatoms. The molecule has 1 saturated heterocycles. The topological polar surface area (TPSA) is 40.1 Å². The Hall–Kier alpha value is -1.75. The van der Waals surface area contributed by atoms with Crippen LogP contribution in [0.2, 0.25) is 0 Å². The molecule has 2 rings (SSSR count). The van der Waals surface area contributed by atoms with Crippen LogP contribution in [0.15, 0.2) is 35.3 Å². The second-order valence-corrected chi connectivity index (χ2v) is 5.24. The fourth-order valence-corrected chi connectivity index (χ4v) is 2.60. The second kappa shape index (κ2) is 9.30. The molecule has 0 aromatic heterocycles. The van der Waals surface area contributed by atoms with E-state index >= 15 is 0 Å². The van der Waals surface area contributed by atoms with Gasteiger partial charge in [-0.15, -0.1) is 0 Å². The van der Waals surface area contributed by atoms with Gasteiger partial charge in [-0.1, -0.05) is 18.2 Å². The summed E-state index contributed by atoms with van der Waals surface area (Å²) in [4.78, 5) is 9.43. The number of anilines is 1. The standard InChI is InChI=1S/C17H28N4O/c1-3-18-17(19-10-15-22-4-2)21-13-11-20(12-14-21)16-8-6-5-7-9-16/h5-9H,3-4,10-15H2,1-2H3,(H,18,19). The van der Waals surface area contributed by atoms with Crippen molar-refractivity contribution in [1.82, 2.24) is 10.2 Å². The molecule has 1 aliphatic heterocycles. The number of para-hydroxylation sites is 1. The summed E-state index contributed by atoms with van der Waals surface area (Å²) < 4.78 is 5.36. The van der Waals surface area contributed by atoms with E-state index in [2.05, 4.69) is 57.4 Å². The number of aliphatic imine (C=N–C) groups is 1. The molecular formula is C17H28N4O. The first kappa shape index (κ1) is 16.6. The summed E-state index contributed by atoms with van der Waals surface area (Å²) in [5.74, 6) is 1.01. The van der Waals surface area contributed by atoms with Crippen molar-refractivity contribution in [2.24, 2.45) is 4.99 Å². The van der Waals surface area contributed by atoms with E-state index in [1.807, 2.05) is 6.92 Å². The predicted molar refractivity (Wildman–Crippen MR) is 92.7 cm³/mol. The summed E-state index contributed by atoms with van der Waals surface area (Å²) in [6, 6.07) is 10.6. The van der Waals surface area contributed by atoms with E-state index in [4.69, 9.17) is 4.74 Å². The lowest BCUT2D eigenvalue weighted by molar-refractivity contribution is 0.155. The number of rotatable bonds is 6. The molecule has 0 unspecified atom stereocenters. The molecular weight excluding hydrogens is 276 g/mol. The smallest absolute Gasteiger partial charge is 0.194 e. The average molecular weight is 304 g/mol. The van der Waals surface area contributed by atoms with Gasteiger partial charge in [-0.2, -0.15) is 0 Å². The van der Waals surface area contributed by atoms with Crippen LogP contribution in [0, 0.1) is 0 Å². The van der Waals surface area contributed by atoms with Crippen LogP contribution in [0.3, 0.4) is 0 Å². The molecule has 122 valence electrons. The van der Waals surface area contributed by atoms with Crippen LogP contribution >= 0.6 is 0 Å². The van der Waals surface area contributed by atoms with Crippen molar-refractivity contribution in [2.45, 2.75) is 13.8 Å². The second-order valence-electron chi connectivity index (χ2n) is 5.24. The van der Waals surface area contributed by atoms with E-state index in [0.29, 0.717) is 6.61 Å². The third-order valence-corrected chi connectivity index (χ3v) is 3.74. The number of guanidine groups is 1. The number of hydrogen-bond donors (Lipinski definition) is 1. The van der Waals surface area contributed by atoms with Gasteiger partial charge in [-0.25, -0.2) is 0 Å². The van der Waals surface area contributed by atoms with E-state index < -0.39 is 0 Å². The fourth-order valence-electron chi connectivity index (χ4n) is 2.60. The van der Waals surface area contributed by atoms with Gasteiger partial charge in [0.15, 0.2) is 5.96 Å². The van der Waals surface area contributed by atoms with Gasteiger partial charge in [0.1, 0.15) is 0 Å². The van der Waals surface area contributed by atoms with Crippen LogP contribution < -0.4 is 10.2 Å². The first-order chi connectivity index (χ1) is 10.8. The quantitative estimate of drug-likeness (QED) is 0.494. The number of hydrogen-bond acceptors (Lipinski definition) is 3. The molecule has 0 aliphatic carbocycles. The van der Waals surface area contributed by atoms with Gasteiger partial charge in [-0.3, -0.25) is 4.99 Å². The predicted octanol–water partition coefficient (Wildman–Crippen LogP) is 1.81. The van der Waals surface area contributed by atoms with E-state index in [1.165, 1.54) is 5.69 Å². The molecule has 1 aliphatic rings. The highest BCUT2D eigenvalue weighted by molar-refractivity contribution is 5.80. The fraction of sp³-hybridized carbons (Fsp3) is 0.588. The van der Waals surface area contributed by atoms with Gasteiger partial charge < -0.3 is 19.9 Å². The van der Waals surface area contributed by atoms with Crippen LogP contribution in [0.25, 0.3) is 0 Å². The lowest BCUT2D eigenvalue weighted by Crippen LogP contribution is -2.52. The molecule has 1 N–H and O–H groups in total. The minimum absolute atomic E-state index is 0.690. The van der Waals surface area contributed by atoms with Crippen molar-refractivity contribution in [1.29, 1.82) is 0 Å². The van der Waals surface area contributed by atoms with Crippen molar-refractivity contribution in [3.05, 3.63) is 30.3 Å².